The Morgan fingerprint density at radius 1 is 1.04 bits per heavy atom. The van der Waals surface area contributed by atoms with Crippen LogP contribution in [0.15, 0.2) is 57.6 Å². The highest BCUT2D eigenvalue weighted by atomic mass is 79.9. The van der Waals surface area contributed by atoms with E-state index in [9.17, 15) is 41.0 Å². The van der Waals surface area contributed by atoms with E-state index in [0.717, 1.165) is 21.2 Å². The van der Waals surface area contributed by atoms with E-state index in [1.54, 1.807) is 18.2 Å². The number of rotatable bonds is 8. The van der Waals surface area contributed by atoms with Crippen molar-refractivity contribution in [2.75, 3.05) is 25.2 Å². The number of ether oxygens (including phenoxy) is 2. The quantitative estimate of drug-likeness (QED) is 0.172. The van der Waals surface area contributed by atoms with E-state index in [-0.39, 0.29) is 31.5 Å². The number of nitrogens with zero attached hydrogens (tertiary/aromatic N) is 1. The van der Waals surface area contributed by atoms with Crippen LogP contribution in [0.1, 0.15) is 49.3 Å². The molecular formula is C32H30BrF6NO5. The van der Waals surface area contributed by atoms with Crippen LogP contribution in [0.25, 0.3) is 6.08 Å². The molecule has 1 N–H and O–H groups in total. The second kappa shape index (κ2) is 12.6. The van der Waals surface area contributed by atoms with Gasteiger partial charge in [-0.2, -0.15) is 26.3 Å². The fraction of sp³-hybridized carbons (Fsp3) is 0.438. The number of anilines is 1. The van der Waals surface area contributed by atoms with Gasteiger partial charge >= 0.3 is 12.4 Å². The number of benzene rings is 2. The third-order valence-corrected chi connectivity index (χ3v) is 9.18. The summed E-state index contributed by atoms with van der Waals surface area (Å²) in [5.41, 5.74) is -0.780. The highest BCUT2D eigenvalue weighted by Crippen LogP contribution is 2.51. The molecule has 4 atom stereocenters. The van der Waals surface area contributed by atoms with Gasteiger partial charge in [0.1, 0.15) is 5.75 Å². The lowest BCUT2D eigenvalue weighted by atomic mass is 9.69. The maximum Gasteiger partial charge on any atom is 0.416 e. The highest BCUT2D eigenvalue weighted by molar-refractivity contribution is 9.10. The monoisotopic (exact) mass is 701 g/mol. The highest BCUT2D eigenvalue weighted by Gasteiger charge is 2.57. The van der Waals surface area contributed by atoms with Gasteiger partial charge in [-0.15, -0.1) is 0 Å². The number of allylic oxidation sites excluding steroid dienone is 1. The second-order valence-corrected chi connectivity index (χ2v) is 12.3. The summed E-state index contributed by atoms with van der Waals surface area (Å²) < 4.78 is 93.8. The van der Waals surface area contributed by atoms with Crippen LogP contribution >= 0.6 is 15.9 Å². The first-order chi connectivity index (χ1) is 21.1. The number of carbonyl (C=O) groups excluding carboxylic acids is 2. The zero-order valence-electron chi connectivity index (χ0n) is 24.3. The molecule has 2 saturated heterocycles. The van der Waals surface area contributed by atoms with Crippen LogP contribution in [0, 0.1) is 17.8 Å². The van der Waals surface area contributed by atoms with E-state index in [0.29, 0.717) is 41.9 Å². The number of amides is 2. The number of hydrogen-bond acceptors (Lipinski definition) is 5. The van der Waals surface area contributed by atoms with Crippen LogP contribution in [-0.4, -0.2) is 43.3 Å². The molecule has 0 radical (unpaired) electrons. The molecule has 2 fully saturated rings. The van der Waals surface area contributed by atoms with Crippen molar-refractivity contribution in [2.45, 2.75) is 51.1 Å². The SMILES string of the molecule is CC/C(=C\c1cc(Br)ccc1O)CC[C@H]1OC[C@H]2C1=C(COC)C[C@H]1C(=O)N(c3cc(C(F)(F)F)cc(C(F)(F)F)c3)C(=O)[C@H]12. The standard InChI is InChI=1S/C32H30BrF6NO5/c1-3-16(8-17-9-21(33)5-6-25(17)41)4-7-26-27-18(14-44-2)10-23-28(24(27)15-45-26)30(43)40(29(23)42)22-12-19(31(34,35)36)11-20(13-22)32(37,38)39/h5-6,8-9,11-13,23-24,26,28,41H,3-4,7,10,14-15H2,1-2H3/b16-8+/t23-,24+,26-,28-/m1/s1. The van der Waals surface area contributed by atoms with E-state index in [1.807, 2.05) is 13.0 Å². The number of imide groups is 1. The topological polar surface area (TPSA) is 76.1 Å². The number of alkyl halides is 6. The molecule has 2 amide bonds. The van der Waals surface area contributed by atoms with Crippen molar-refractivity contribution in [3.05, 3.63) is 74.3 Å². The summed E-state index contributed by atoms with van der Waals surface area (Å²) in [6.45, 7) is 2.17. The lowest BCUT2D eigenvalue weighted by molar-refractivity contribution is -0.143. The molecule has 0 unspecified atom stereocenters. The first kappa shape index (κ1) is 33.2. The predicted molar refractivity (Wildman–Crippen MR) is 156 cm³/mol. The Morgan fingerprint density at radius 3 is 2.31 bits per heavy atom. The van der Waals surface area contributed by atoms with Gasteiger partial charge in [-0.25, -0.2) is 4.90 Å². The van der Waals surface area contributed by atoms with Crippen molar-refractivity contribution in [1.82, 2.24) is 0 Å². The Hall–Kier alpha value is -3.16. The third-order valence-electron chi connectivity index (χ3n) is 8.69. The van der Waals surface area contributed by atoms with Crippen molar-refractivity contribution >= 4 is 39.5 Å². The Balaban J connectivity index is 1.44. The summed E-state index contributed by atoms with van der Waals surface area (Å²) in [6, 6.07) is 5.88. The fourth-order valence-electron chi connectivity index (χ4n) is 6.63. The number of hydrogen-bond donors (Lipinski definition) is 1. The van der Waals surface area contributed by atoms with Crippen molar-refractivity contribution in [3.8, 4) is 5.75 Å². The van der Waals surface area contributed by atoms with Gasteiger partial charge in [0.2, 0.25) is 11.8 Å². The summed E-state index contributed by atoms with van der Waals surface area (Å²) in [7, 11) is 1.47. The van der Waals surface area contributed by atoms with E-state index >= 15 is 0 Å². The summed E-state index contributed by atoms with van der Waals surface area (Å²) in [5.74, 6) is -4.13. The largest absolute Gasteiger partial charge is 0.507 e. The number of phenols is 1. The average molecular weight is 702 g/mol. The molecule has 2 heterocycles. The molecule has 5 rings (SSSR count). The molecule has 13 heteroatoms. The number of aromatic hydroxyl groups is 1. The van der Waals surface area contributed by atoms with Crippen molar-refractivity contribution in [1.29, 1.82) is 0 Å². The smallest absolute Gasteiger partial charge is 0.416 e. The molecule has 0 bridgehead atoms. The molecule has 45 heavy (non-hydrogen) atoms. The van der Waals surface area contributed by atoms with Gasteiger partial charge in [-0.3, -0.25) is 9.59 Å². The molecule has 2 aromatic rings. The number of carbonyl (C=O) groups is 2. The Labute approximate surface area is 263 Å². The van der Waals surface area contributed by atoms with Crippen molar-refractivity contribution < 1.29 is 50.5 Å². The van der Waals surface area contributed by atoms with Crippen LogP contribution in [-0.2, 0) is 31.4 Å². The van der Waals surface area contributed by atoms with Gasteiger partial charge in [-0.05, 0) is 73.2 Å². The second-order valence-electron chi connectivity index (χ2n) is 11.4. The summed E-state index contributed by atoms with van der Waals surface area (Å²) in [5, 5.41) is 10.3. The summed E-state index contributed by atoms with van der Waals surface area (Å²) in [4.78, 5) is 27.8. The molecule has 2 aliphatic heterocycles. The lowest BCUT2D eigenvalue weighted by Crippen LogP contribution is -2.35. The predicted octanol–water partition coefficient (Wildman–Crippen LogP) is 7.93. The molecule has 0 spiro atoms. The average Bonchev–Trinajstić information content (AvgIpc) is 3.50. The number of phenolic OH excluding ortho intramolecular Hbond substituents is 1. The maximum atomic E-state index is 13.8. The Morgan fingerprint density at radius 2 is 1.71 bits per heavy atom. The van der Waals surface area contributed by atoms with Gasteiger partial charge in [-0.1, -0.05) is 34.5 Å². The lowest BCUT2D eigenvalue weighted by Gasteiger charge is -2.31. The molecular weight excluding hydrogens is 672 g/mol. The van der Waals surface area contributed by atoms with Crippen LogP contribution in [0.3, 0.4) is 0 Å². The molecule has 1 aliphatic carbocycles. The van der Waals surface area contributed by atoms with Gasteiger partial charge in [0.15, 0.2) is 0 Å². The van der Waals surface area contributed by atoms with Crippen molar-refractivity contribution in [2.24, 2.45) is 17.8 Å². The first-order valence-electron chi connectivity index (χ1n) is 14.3. The number of methoxy groups -OCH3 is 1. The van der Waals surface area contributed by atoms with E-state index in [1.165, 1.54) is 7.11 Å². The summed E-state index contributed by atoms with van der Waals surface area (Å²) in [6.07, 6.45) is -6.95. The van der Waals surface area contributed by atoms with E-state index in [4.69, 9.17) is 9.47 Å². The molecule has 3 aliphatic rings. The van der Waals surface area contributed by atoms with Crippen molar-refractivity contribution in [3.63, 3.8) is 0 Å². The Kier molecular flexibility index (Phi) is 9.27. The zero-order valence-corrected chi connectivity index (χ0v) is 25.9. The Bertz CT molecular complexity index is 1530. The van der Waals surface area contributed by atoms with Gasteiger partial charge in [0, 0.05) is 23.1 Å². The molecule has 2 aromatic carbocycles. The van der Waals surface area contributed by atoms with Gasteiger partial charge in [0.25, 0.3) is 0 Å². The number of halogens is 7. The molecule has 0 saturated carbocycles. The molecule has 6 nitrogen and oxygen atoms in total. The maximum absolute atomic E-state index is 13.8. The first-order valence-corrected chi connectivity index (χ1v) is 15.1. The number of fused-ring (bicyclic) bond motifs is 3. The minimum atomic E-state index is -5.14. The van der Waals surface area contributed by atoms with E-state index < -0.39 is 64.8 Å². The van der Waals surface area contributed by atoms with Crippen LogP contribution in [0.4, 0.5) is 32.0 Å². The normalized spacial score (nSPS) is 24.0. The summed E-state index contributed by atoms with van der Waals surface area (Å²) >= 11 is 3.40. The molecule has 242 valence electrons. The third kappa shape index (κ3) is 6.57. The minimum absolute atomic E-state index is 0.0374. The van der Waals surface area contributed by atoms with Crippen LogP contribution in [0.2, 0.25) is 0 Å². The van der Waals surface area contributed by atoms with Gasteiger partial charge in [0.05, 0.1) is 48.0 Å². The van der Waals surface area contributed by atoms with Crippen LogP contribution in [0.5, 0.6) is 5.75 Å². The fourth-order valence-corrected chi connectivity index (χ4v) is 7.01. The van der Waals surface area contributed by atoms with Gasteiger partial charge < -0.3 is 14.6 Å². The zero-order chi connectivity index (χ0) is 32.8. The van der Waals surface area contributed by atoms with Crippen LogP contribution < -0.4 is 4.90 Å². The minimum Gasteiger partial charge on any atom is -0.507 e. The molecule has 0 aromatic heterocycles. The van der Waals surface area contributed by atoms with E-state index in [2.05, 4.69) is 15.9 Å².